The lowest BCUT2D eigenvalue weighted by atomic mass is 9.78. The number of fused-ring (bicyclic) bond motifs is 3. The maximum absolute atomic E-state index is 6.15. The van der Waals surface area contributed by atoms with Crippen LogP contribution >= 0.6 is 11.6 Å². The van der Waals surface area contributed by atoms with Gasteiger partial charge in [-0.2, -0.15) is 0 Å². The smallest absolute Gasteiger partial charge is 0.225 e. The Bertz CT molecular complexity index is 1300. The van der Waals surface area contributed by atoms with Crippen molar-refractivity contribution in [2.75, 3.05) is 37.6 Å². The average molecular weight is 482 g/mol. The summed E-state index contributed by atoms with van der Waals surface area (Å²) in [6, 6.07) is 23.0. The average Bonchev–Trinajstić information content (AvgIpc) is 2.93. The number of piperazine rings is 1. The van der Waals surface area contributed by atoms with Crippen LogP contribution in [0.4, 0.5) is 5.95 Å². The van der Waals surface area contributed by atoms with Crippen molar-refractivity contribution in [1.29, 1.82) is 0 Å². The molecule has 3 heterocycles. The Hall–Kier alpha value is -3.28. The molecule has 1 fully saturated rings. The third-order valence-corrected chi connectivity index (χ3v) is 7.46. The van der Waals surface area contributed by atoms with E-state index in [-0.39, 0.29) is 5.92 Å². The number of hydrogen-bond donors (Lipinski definition) is 0. The monoisotopic (exact) mass is 481 g/mol. The molecule has 6 heteroatoms. The lowest BCUT2D eigenvalue weighted by Gasteiger charge is -2.35. The van der Waals surface area contributed by atoms with Gasteiger partial charge in [0.05, 0.1) is 5.69 Å². The molecule has 0 spiro atoms. The molecule has 5 nitrogen and oxygen atoms in total. The zero-order valence-corrected chi connectivity index (χ0v) is 20.4. The normalized spacial score (nSPS) is 17.6. The SMILES string of the molecule is Clc1ccc(C2Cc3cnc(N4CCN(CCc5ccccn5)CC4)nc3-c3ccccc32)cc1. The molecule has 0 bridgehead atoms. The summed E-state index contributed by atoms with van der Waals surface area (Å²) in [4.78, 5) is 19.2. The fraction of sp³-hybridized carbons (Fsp3) is 0.276. The van der Waals surface area contributed by atoms with Crippen LogP contribution in [-0.2, 0) is 12.8 Å². The van der Waals surface area contributed by atoms with Crippen LogP contribution in [0.15, 0.2) is 79.1 Å². The van der Waals surface area contributed by atoms with Gasteiger partial charge in [-0.05, 0) is 47.4 Å². The molecule has 0 N–H and O–H groups in total. The first-order chi connectivity index (χ1) is 17.2. The first-order valence-electron chi connectivity index (χ1n) is 12.3. The van der Waals surface area contributed by atoms with E-state index in [2.05, 4.69) is 63.3 Å². The predicted molar refractivity (Wildman–Crippen MR) is 141 cm³/mol. The zero-order valence-electron chi connectivity index (χ0n) is 19.6. The van der Waals surface area contributed by atoms with E-state index in [1.807, 2.05) is 30.6 Å². The van der Waals surface area contributed by atoms with Gasteiger partial charge in [0.2, 0.25) is 5.95 Å². The van der Waals surface area contributed by atoms with Crippen molar-refractivity contribution < 1.29 is 0 Å². The van der Waals surface area contributed by atoms with Crippen molar-refractivity contribution in [2.45, 2.75) is 18.8 Å². The van der Waals surface area contributed by atoms with Crippen molar-refractivity contribution in [3.05, 3.63) is 107 Å². The maximum Gasteiger partial charge on any atom is 0.225 e. The zero-order chi connectivity index (χ0) is 23.6. The molecule has 35 heavy (non-hydrogen) atoms. The summed E-state index contributed by atoms with van der Waals surface area (Å²) in [6.07, 6.45) is 5.80. The summed E-state index contributed by atoms with van der Waals surface area (Å²) >= 11 is 6.15. The molecule has 176 valence electrons. The Morgan fingerprint density at radius 2 is 1.66 bits per heavy atom. The molecule has 6 rings (SSSR count). The Morgan fingerprint density at radius 3 is 2.46 bits per heavy atom. The van der Waals surface area contributed by atoms with Gasteiger partial charge in [0, 0.05) is 73.7 Å². The van der Waals surface area contributed by atoms with E-state index in [9.17, 15) is 0 Å². The molecule has 1 unspecified atom stereocenters. The van der Waals surface area contributed by atoms with Crippen LogP contribution in [0.1, 0.15) is 28.3 Å². The summed E-state index contributed by atoms with van der Waals surface area (Å²) < 4.78 is 0. The molecule has 4 aromatic rings. The molecule has 0 amide bonds. The number of benzene rings is 2. The molecule has 2 aromatic carbocycles. The molecule has 0 radical (unpaired) electrons. The third kappa shape index (κ3) is 4.66. The summed E-state index contributed by atoms with van der Waals surface area (Å²) in [7, 11) is 0. The fourth-order valence-electron chi connectivity index (χ4n) is 5.26. The van der Waals surface area contributed by atoms with Crippen LogP contribution in [0.5, 0.6) is 0 Å². The van der Waals surface area contributed by atoms with Gasteiger partial charge in [0.1, 0.15) is 0 Å². The van der Waals surface area contributed by atoms with Gasteiger partial charge in [-0.25, -0.2) is 9.97 Å². The van der Waals surface area contributed by atoms with E-state index in [1.54, 1.807) is 0 Å². The lowest BCUT2D eigenvalue weighted by molar-refractivity contribution is 0.259. The van der Waals surface area contributed by atoms with Crippen molar-refractivity contribution in [3.63, 3.8) is 0 Å². The van der Waals surface area contributed by atoms with Gasteiger partial charge in [-0.1, -0.05) is 54.1 Å². The van der Waals surface area contributed by atoms with Crippen LogP contribution in [0.3, 0.4) is 0 Å². The van der Waals surface area contributed by atoms with Gasteiger partial charge < -0.3 is 4.90 Å². The summed E-state index contributed by atoms with van der Waals surface area (Å²) in [5.41, 5.74) is 7.26. The molecule has 1 aliphatic heterocycles. The van der Waals surface area contributed by atoms with E-state index in [4.69, 9.17) is 21.6 Å². The van der Waals surface area contributed by atoms with Gasteiger partial charge >= 0.3 is 0 Å². The predicted octanol–water partition coefficient (Wildman–Crippen LogP) is 5.24. The fourth-order valence-corrected chi connectivity index (χ4v) is 5.39. The number of hydrogen-bond acceptors (Lipinski definition) is 5. The van der Waals surface area contributed by atoms with E-state index < -0.39 is 0 Å². The quantitative estimate of drug-likeness (QED) is 0.390. The molecule has 1 aliphatic carbocycles. The van der Waals surface area contributed by atoms with Crippen molar-refractivity contribution in [3.8, 4) is 11.3 Å². The Labute approximate surface area is 211 Å². The number of rotatable bonds is 5. The minimum Gasteiger partial charge on any atom is -0.338 e. The second-order valence-corrected chi connectivity index (χ2v) is 9.78. The highest BCUT2D eigenvalue weighted by molar-refractivity contribution is 6.30. The van der Waals surface area contributed by atoms with Gasteiger partial charge in [0.25, 0.3) is 0 Å². The van der Waals surface area contributed by atoms with Crippen LogP contribution < -0.4 is 4.90 Å². The summed E-state index contributed by atoms with van der Waals surface area (Å²) in [6.45, 7) is 4.95. The van der Waals surface area contributed by atoms with Crippen LogP contribution in [0.2, 0.25) is 5.02 Å². The summed E-state index contributed by atoms with van der Waals surface area (Å²) in [5, 5.41) is 0.767. The molecule has 2 aromatic heterocycles. The van der Waals surface area contributed by atoms with Crippen LogP contribution in [0.25, 0.3) is 11.3 Å². The number of pyridine rings is 1. The molecule has 0 saturated carbocycles. The summed E-state index contributed by atoms with van der Waals surface area (Å²) in [5.74, 6) is 1.13. The Kier molecular flexibility index (Phi) is 6.19. The van der Waals surface area contributed by atoms with Gasteiger partial charge in [0.15, 0.2) is 0 Å². The van der Waals surface area contributed by atoms with Crippen molar-refractivity contribution in [1.82, 2.24) is 19.9 Å². The second kappa shape index (κ2) is 9.76. The minimum atomic E-state index is 0.285. The van der Waals surface area contributed by atoms with Crippen LogP contribution in [0, 0.1) is 0 Å². The topological polar surface area (TPSA) is 45.2 Å². The Morgan fingerprint density at radius 1 is 0.857 bits per heavy atom. The number of anilines is 1. The molecular formula is C29H28ClN5. The van der Waals surface area contributed by atoms with E-state index >= 15 is 0 Å². The largest absolute Gasteiger partial charge is 0.338 e. The maximum atomic E-state index is 6.15. The third-order valence-electron chi connectivity index (χ3n) is 7.21. The molecular weight excluding hydrogens is 454 g/mol. The highest BCUT2D eigenvalue weighted by Crippen LogP contribution is 2.42. The van der Waals surface area contributed by atoms with Crippen molar-refractivity contribution in [2.24, 2.45) is 0 Å². The molecule has 1 saturated heterocycles. The van der Waals surface area contributed by atoms with Gasteiger partial charge in [-0.15, -0.1) is 0 Å². The second-order valence-electron chi connectivity index (χ2n) is 9.34. The number of halogens is 1. The molecule has 1 atom stereocenters. The van der Waals surface area contributed by atoms with E-state index in [0.29, 0.717) is 0 Å². The van der Waals surface area contributed by atoms with E-state index in [1.165, 1.54) is 22.3 Å². The minimum absolute atomic E-state index is 0.285. The Balaban J connectivity index is 1.18. The highest BCUT2D eigenvalue weighted by Gasteiger charge is 2.28. The van der Waals surface area contributed by atoms with Gasteiger partial charge in [-0.3, -0.25) is 9.88 Å². The van der Waals surface area contributed by atoms with Crippen molar-refractivity contribution >= 4 is 17.5 Å². The van der Waals surface area contributed by atoms with Crippen LogP contribution in [-0.4, -0.2) is 52.6 Å². The lowest BCUT2D eigenvalue weighted by Crippen LogP contribution is -2.47. The first kappa shape index (κ1) is 22.2. The highest BCUT2D eigenvalue weighted by atomic mass is 35.5. The standard InChI is InChI=1S/C29H28ClN5/c30-23-10-8-21(9-11-23)27-19-22-20-32-29(33-28(22)26-7-2-1-6-25(26)27)35-17-15-34(16-18-35)14-12-24-5-3-4-13-31-24/h1-11,13,20,27H,12,14-19H2. The molecule has 2 aliphatic rings. The number of nitrogens with zero attached hydrogens (tertiary/aromatic N) is 5. The first-order valence-corrected chi connectivity index (χ1v) is 12.7. The number of aromatic nitrogens is 3. The van der Waals surface area contributed by atoms with E-state index in [0.717, 1.165) is 67.9 Å².